The van der Waals surface area contributed by atoms with Crippen LogP contribution < -0.4 is 4.74 Å². The molecule has 2 aromatic rings. The highest BCUT2D eigenvalue weighted by molar-refractivity contribution is 6.06. The van der Waals surface area contributed by atoms with E-state index in [4.69, 9.17) is 4.74 Å². The van der Waals surface area contributed by atoms with Crippen LogP contribution in [0.1, 0.15) is 48.5 Å². The first-order valence-electron chi connectivity index (χ1n) is 8.44. The molecule has 2 aromatic carbocycles. The molecule has 0 heterocycles. The molecule has 0 saturated heterocycles. The van der Waals surface area contributed by atoms with Gasteiger partial charge in [0.15, 0.2) is 17.3 Å². The number of para-hydroxylation sites is 1. The van der Waals surface area contributed by atoms with Gasteiger partial charge in [-0.25, -0.2) is 0 Å². The Labute approximate surface area is 143 Å². The molecule has 1 N–H and O–H groups in total. The molecule has 126 valence electrons. The second-order valence-corrected chi connectivity index (χ2v) is 5.67. The Bertz CT molecular complexity index is 675. The van der Waals surface area contributed by atoms with E-state index in [9.17, 15) is 9.90 Å². The van der Waals surface area contributed by atoms with Gasteiger partial charge in [-0.15, -0.1) is 0 Å². The quantitative estimate of drug-likeness (QED) is 0.389. The summed E-state index contributed by atoms with van der Waals surface area (Å²) >= 11 is 0. The van der Waals surface area contributed by atoms with Crippen LogP contribution in [0.4, 0.5) is 0 Å². The predicted octanol–water partition coefficient (Wildman–Crippen LogP) is 5.25. The van der Waals surface area contributed by atoms with E-state index in [1.165, 1.54) is 18.9 Å². The van der Waals surface area contributed by atoms with Crippen molar-refractivity contribution in [3.63, 3.8) is 0 Å². The molecule has 3 nitrogen and oxygen atoms in total. The maximum Gasteiger partial charge on any atom is 0.185 e. The SMILES string of the molecule is CCCCCCOc1cccc(C=CC(=O)c2ccccc2)c1O. The van der Waals surface area contributed by atoms with Crippen molar-refractivity contribution in [2.75, 3.05) is 6.61 Å². The van der Waals surface area contributed by atoms with Gasteiger partial charge in [0.1, 0.15) is 0 Å². The number of hydrogen-bond donors (Lipinski definition) is 1. The molecule has 0 aliphatic heterocycles. The van der Waals surface area contributed by atoms with Crippen LogP contribution in [0.5, 0.6) is 11.5 Å². The van der Waals surface area contributed by atoms with Crippen molar-refractivity contribution >= 4 is 11.9 Å². The largest absolute Gasteiger partial charge is 0.504 e. The molecule has 0 spiro atoms. The highest BCUT2D eigenvalue weighted by Crippen LogP contribution is 2.31. The molecule has 0 aromatic heterocycles. The Morgan fingerprint density at radius 2 is 1.83 bits per heavy atom. The number of ether oxygens (including phenoxy) is 1. The van der Waals surface area contributed by atoms with Crippen LogP contribution in [0, 0.1) is 0 Å². The Hall–Kier alpha value is -2.55. The third kappa shape index (κ3) is 5.27. The third-order valence-electron chi connectivity index (χ3n) is 3.76. The van der Waals surface area contributed by atoms with E-state index in [0.717, 1.165) is 12.8 Å². The van der Waals surface area contributed by atoms with Gasteiger partial charge in [0.05, 0.1) is 6.61 Å². The molecule has 0 atom stereocenters. The molecule has 24 heavy (non-hydrogen) atoms. The summed E-state index contributed by atoms with van der Waals surface area (Å²) in [6, 6.07) is 14.4. The Kier molecular flexibility index (Phi) is 7.09. The standard InChI is InChI=1S/C21H24O3/c1-2-3-4-8-16-24-20-13-9-12-18(21(20)23)14-15-19(22)17-10-6-5-7-11-17/h5-7,9-15,23H,2-4,8,16H2,1H3. The maximum atomic E-state index is 12.1. The fraction of sp³-hybridized carbons (Fsp3) is 0.286. The van der Waals surface area contributed by atoms with Gasteiger partial charge in [-0.3, -0.25) is 4.79 Å². The lowest BCUT2D eigenvalue weighted by atomic mass is 10.1. The maximum absolute atomic E-state index is 12.1. The van der Waals surface area contributed by atoms with Crippen LogP contribution in [0.25, 0.3) is 6.08 Å². The molecule has 0 bridgehead atoms. The molecular formula is C21H24O3. The second-order valence-electron chi connectivity index (χ2n) is 5.67. The number of rotatable bonds is 9. The monoisotopic (exact) mass is 324 g/mol. The zero-order valence-corrected chi connectivity index (χ0v) is 14.1. The average molecular weight is 324 g/mol. The van der Waals surface area contributed by atoms with Crippen molar-refractivity contribution < 1.29 is 14.6 Å². The number of hydrogen-bond acceptors (Lipinski definition) is 3. The number of unbranched alkanes of at least 4 members (excludes halogenated alkanes) is 3. The molecule has 3 heteroatoms. The minimum absolute atomic E-state index is 0.0742. The molecular weight excluding hydrogens is 300 g/mol. The van der Waals surface area contributed by atoms with E-state index in [1.54, 1.807) is 30.3 Å². The first-order valence-corrected chi connectivity index (χ1v) is 8.44. The third-order valence-corrected chi connectivity index (χ3v) is 3.76. The van der Waals surface area contributed by atoms with Gasteiger partial charge in [-0.1, -0.05) is 68.7 Å². The Morgan fingerprint density at radius 1 is 1.04 bits per heavy atom. The van der Waals surface area contributed by atoms with Crippen LogP contribution in [0.15, 0.2) is 54.6 Å². The van der Waals surface area contributed by atoms with Crippen LogP contribution in [0.3, 0.4) is 0 Å². The molecule has 0 amide bonds. The van der Waals surface area contributed by atoms with Gasteiger partial charge >= 0.3 is 0 Å². The summed E-state index contributed by atoms with van der Waals surface area (Å²) in [6.07, 6.45) is 7.56. The van der Waals surface area contributed by atoms with Crippen LogP contribution >= 0.6 is 0 Å². The number of ketones is 1. The minimum atomic E-state index is -0.0964. The van der Waals surface area contributed by atoms with Crippen LogP contribution in [-0.4, -0.2) is 17.5 Å². The number of carbonyl (C=O) groups is 1. The van der Waals surface area contributed by atoms with Crippen molar-refractivity contribution in [1.29, 1.82) is 0 Å². The number of benzene rings is 2. The number of phenolic OH excluding ortho intramolecular Hbond substituents is 1. The van der Waals surface area contributed by atoms with E-state index >= 15 is 0 Å². The number of allylic oxidation sites excluding steroid dienone is 1. The van der Waals surface area contributed by atoms with Crippen LogP contribution in [0.2, 0.25) is 0 Å². The van der Waals surface area contributed by atoms with Crippen molar-refractivity contribution in [3.8, 4) is 11.5 Å². The number of aromatic hydroxyl groups is 1. The summed E-state index contributed by atoms with van der Waals surface area (Å²) < 4.78 is 5.65. The average Bonchev–Trinajstić information content (AvgIpc) is 2.62. The van der Waals surface area contributed by atoms with Gasteiger partial charge in [0.25, 0.3) is 0 Å². The highest BCUT2D eigenvalue weighted by Gasteiger charge is 2.07. The van der Waals surface area contributed by atoms with E-state index in [1.807, 2.05) is 24.3 Å². The normalized spacial score (nSPS) is 10.9. The lowest BCUT2D eigenvalue weighted by molar-refractivity contribution is 0.104. The second kappa shape index (κ2) is 9.56. The smallest absolute Gasteiger partial charge is 0.185 e. The van der Waals surface area contributed by atoms with Gasteiger partial charge in [-0.2, -0.15) is 0 Å². The minimum Gasteiger partial charge on any atom is -0.504 e. The van der Waals surface area contributed by atoms with E-state index in [2.05, 4.69) is 6.92 Å². The van der Waals surface area contributed by atoms with E-state index < -0.39 is 0 Å². The molecule has 2 rings (SSSR count). The van der Waals surface area contributed by atoms with Gasteiger partial charge in [0.2, 0.25) is 0 Å². The lowest BCUT2D eigenvalue weighted by Gasteiger charge is -2.09. The van der Waals surface area contributed by atoms with Crippen molar-refractivity contribution in [2.45, 2.75) is 32.6 Å². The molecule has 0 aliphatic carbocycles. The summed E-state index contributed by atoms with van der Waals surface area (Å²) in [4.78, 5) is 12.1. The highest BCUT2D eigenvalue weighted by atomic mass is 16.5. The van der Waals surface area contributed by atoms with E-state index in [-0.39, 0.29) is 11.5 Å². The Balaban J connectivity index is 1.99. The molecule has 0 aliphatic rings. The zero-order chi connectivity index (χ0) is 17.2. The summed E-state index contributed by atoms with van der Waals surface area (Å²) in [5, 5.41) is 10.3. The summed E-state index contributed by atoms with van der Waals surface area (Å²) in [5.41, 5.74) is 1.20. The Morgan fingerprint density at radius 3 is 2.58 bits per heavy atom. The lowest BCUT2D eigenvalue weighted by Crippen LogP contribution is -1.98. The topological polar surface area (TPSA) is 46.5 Å². The van der Waals surface area contributed by atoms with Crippen molar-refractivity contribution in [3.05, 3.63) is 65.7 Å². The van der Waals surface area contributed by atoms with Crippen molar-refractivity contribution in [1.82, 2.24) is 0 Å². The molecule has 0 radical (unpaired) electrons. The van der Waals surface area contributed by atoms with Gasteiger partial charge in [0, 0.05) is 11.1 Å². The first kappa shape index (κ1) is 17.8. The molecule has 0 unspecified atom stereocenters. The fourth-order valence-electron chi connectivity index (χ4n) is 2.37. The molecule has 0 fully saturated rings. The van der Waals surface area contributed by atoms with Gasteiger partial charge in [-0.05, 0) is 24.6 Å². The fourth-order valence-corrected chi connectivity index (χ4v) is 2.37. The number of carbonyl (C=O) groups excluding carboxylic acids is 1. The first-order chi connectivity index (χ1) is 11.7. The van der Waals surface area contributed by atoms with E-state index in [0.29, 0.717) is 23.5 Å². The van der Waals surface area contributed by atoms with Crippen molar-refractivity contribution in [2.24, 2.45) is 0 Å². The predicted molar refractivity (Wildman–Crippen MR) is 97.6 cm³/mol. The molecule has 0 saturated carbocycles. The summed E-state index contributed by atoms with van der Waals surface area (Å²) in [7, 11) is 0. The summed E-state index contributed by atoms with van der Waals surface area (Å²) in [6.45, 7) is 2.75. The number of phenols is 1. The van der Waals surface area contributed by atoms with Gasteiger partial charge < -0.3 is 9.84 Å². The summed E-state index contributed by atoms with van der Waals surface area (Å²) in [5.74, 6) is 0.437. The van der Waals surface area contributed by atoms with Crippen LogP contribution in [-0.2, 0) is 0 Å². The zero-order valence-electron chi connectivity index (χ0n) is 14.1.